The van der Waals surface area contributed by atoms with E-state index in [0.717, 1.165) is 5.56 Å². The SMILES string of the molecule is CC(C)C(NC(=O)c1ccc(Cl)cc1)C(=O)OCC(=O)NCCc1ccc(S(N)(=O)=O)cc1. The molecule has 4 N–H and O–H groups in total. The van der Waals surface area contributed by atoms with Crippen LogP contribution in [0.25, 0.3) is 0 Å². The number of halogens is 1. The maximum atomic E-state index is 12.4. The zero-order valence-electron chi connectivity index (χ0n) is 18.2. The molecule has 1 atom stereocenters. The number of nitrogens with two attached hydrogens (primary N) is 1. The molecule has 2 aromatic rings. The summed E-state index contributed by atoms with van der Waals surface area (Å²) in [5.41, 5.74) is 1.14. The molecule has 0 aliphatic carbocycles. The molecular formula is C22H26ClN3O6S. The largest absolute Gasteiger partial charge is 0.454 e. The number of amides is 2. The van der Waals surface area contributed by atoms with Crippen molar-refractivity contribution in [1.29, 1.82) is 0 Å². The van der Waals surface area contributed by atoms with Crippen LogP contribution >= 0.6 is 11.6 Å². The summed E-state index contributed by atoms with van der Waals surface area (Å²) in [4.78, 5) is 36.8. The normalized spacial score (nSPS) is 12.2. The van der Waals surface area contributed by atoms with Crippen molar-refractivity contribution in [2.75, 3.05) is 13.2 Å². The van der Waals surface area contributed by atoms with Gasteiger partial charge in [-0.25, -0.2) is 18.4 Å². The van der Waals surface area contributed by atoms with Gasteiger partial charge in [0.15, 0.2) is 6.61 Å². The van der Waals surface area contributed by atoms with Gasteiger partial charge >= 0.3 is 5.97 Å². The Morgan fingerprint density at radius 3 is 2.18 bits per heavy atom. The molecule has 2 rings (SSSR count). The molecule has 0 spiro atoms. The van der Waals surface area contributed by atoms with Crippen molar-refractivity contribution >= 4 is 39.4 Å². The molecule has 0 bridgehead atoms. The minimum Gasteiger partial charge on any atom is -0.454 e. The first kappa shape index (κ1) is 26.3. The molecule has 33 heavy (non-hydrogen) atoms. The van der Waals surface area contributed by atoms with Crippen molar-refractivity contribution in [2.45, 2.75) is 31.2 Å². The number of hydrogen-bond acceptors (Lipinski definition) is 6. The van der Waals surface area contributed by atoms with Gasteiger partial charge in [-0.1, -0.05) is 37.6 Å². The second-order valence-corrected chi connectivity index (χ2v) is 9.60. The zero-order chi connectivity index (χ0) is 24.6. The average molecular weight is 496 g/mol. The number of rotatable bonds is 10. The van der Waals surface area contributed by atoms with Crippen LogP contribution < -0.4 is 15.8 Å². The van der Waals surface area contributed by atoms with Crippen molar-refractivity contribution in [3.63, 3.8) is 0 Å². The van der Waals surface area contributed by atoms with Gasteiger partial charge in [0, 0.05) is 17.1 Å². The van der Waals surface area contributed by atoms with Crippen molar-refractivity contribution in [2.24, 2.45) is 11.1 Å². The molecule has 0 aliphatic rings. The van der Waals surface area contributed by atoms with Crippen molar-refractivity contribution in [3.8, 4) is 0 Å². The summed E-state index contributed by atoms with van der Waals surface area (Å²) in [5, 5.41) is 10.8. The summed E-state index contributed by atoms with van der Waals surface area (Å²) < 4.78 is 27.6. The highest BCUT2D eigenvalue weighted by Gasteiger charge is 2.26. The van der Waals surface area contributed by atoms with Gasteiger partial charge in [0.05, 0.1) is 4.90 Å². The minimum atomic E-state index is -3.76. The summed E-state index contributed by atoms with van der Waals surface area (Å²) in [6, 6.07) is 11.3. The van der Waals surface area contributed by atoms with Crippen molar-refractivity contribution in [1.82, 2.24) is 10.6 Å². The van der Waals surface area contributed by atoms with Crippen molar-refractivity contribution < 1.29 is 27.5 Å². The molecule has 1 unspecified atom stereocenters. The lowest BCUT2D eigenvalue weighted by Gasteiger charge is -2.20. The fourth-order valence-corrected chi connectivity index (χ4v) is 3.43. The second kappa shape index (κ2) is 11.8. The summed E-state index contributed by atoms with van der Waals surface area (Å²) in [6.07, 6.45) is 0.441. The van der Waals surface area contributed by atoms with Crippen LogP contribution in [0.3, 0.4) is 0 Å². The highest BCUT2D eigenvalue weighted by molar-refractivity contribution is 7.89. The maximum absolute atomic E-state index is 12.4. The fourth-order valence-electron chi connectivity index (χ4n) is 2.79. The first-order valence-electron chi connectivity index (χ1n) is 10.1. The molecule has 0 aliphatic heterocycles. The van der Waals surface area contributed by atoms with Crippen LogP contribution in [-0.4, -0.2) is 45.4 Å². The van der Waals surface area contributed by atoms with Crippen LogP contribution in [0.4, 0.5) is 0 Å². The molecule has 2 amide bonds. The number of hydrogen-bond donors (Lipinski definition) is 3. The quantitative estimate of drug-likeness (QED) is 0.427. The van der Waals surface area contributed by atoms with E-state index in [-0.39, 0.29) is 17.4 Å². The Balaban J connectivity index is 1.80. The molecule has 0 saturated heterocycles. The number of esters is 1. The molecule has 2 aromatic carbocycles. The van der Waals surface area contributed by atoms with E-state index in [4.69, 9.17) is 21.5 Å². The van der Waals surface area contributed by atoms with E-state index in [1.807, 2.05) is 0 Å². The van der Waals surface area contributed by atoms with E-state index in [1.54, 1.807) is 38.1 Å². The van der Waals surface area contributed by atoms with Crippen LogP contribution in [-0.2, 0) is 30.8 Å². The minimum absolute atomic E-state index is 0.00468. The van der Waals surface area contributed by atoms with Crippen LogP contribution in [0.2, 0.25) is 5.02 Å². The summed E-state index contributed by atoms with van der Waals surface area (Å²) in [5.74, 6) is -1.95. The molecule has 0 saturated carbocycles. The number of sulfonamides is 1. The fraction of sp³-hybridized carbons (Fsp3) is 0.318. The number of carbonyl (C=O) groups excluding carboxylic acids is 3. The average Bonchev–Trinajstić information content (AvgIpc) is 2.75. The molecule has 178 valence electrons. The lowest BCUT2D eigenvalue weighted by atomic mass is 10.0. The van der Waals surface area contributed by atoms with Crippen LogP contribution in [0.15, 0.2) is 53.4 Å². The van der Waals surface area contributed by atoms with Gasteiger partial charge < -0.3 is 15.4 Å². The highest BCUT2D eigenvalue weighted by Crippen LogP contribution is 2.11. The number of nitrogens with one attached hydrogen (secondary N) is 2. The molecule has 9 nitrogen and oxygen atoms in total. The Bertz CT molecular complexity index is 1090. The predicted molar refractivity (Wildman–Crippen MR) is 123 cm³/mol. The third-order valence-corrected chi connectivity index (χ3v) is 5.83. The third kappa shape index (κ3) is 8.49. The smallest absolute Gasteiger partial charge is 0.329 e. The lowest BCUT2D eigenvalue weighted by molar-refractivity contribution is -0.151. The van der Waals surface area contributed by atoms with Crippen LogP contribution in [0.5, 0.6) is 0 Å². The predicted octanol–water partition coefficient (Wildman–Crippen LogP) is 1.64. The number of benzene rings is 2. The monoisotopic (exact) mass is 495 g/mol. The number of primary sulfonamides is 1. The van der Waals surface area contributed by atoms with E-state index in [0.29, 0.717) is 17.0 Å². The molecule has 0 heterocycles. The highest BCUT2D eigenvalue weighted by atomic mass is 35.5. The first-order valence-corrected chi connectivity index (χ1v) is 12.0. The van der Waals surface area contributed by atoms with Crippen LogP contribution in [0, 0.1) is 5.92 Å². The summed E-state index contributed by atoms with van der Waals surface area (Å²) in [7, 11) is -3.76. The standard InChI is InChI=1S/C22H26ClN3O6S/c1-14(2)20(26-21(28)16-5-7-17(23)8-6-16)22(29)32-13-19(27)25-12-11-15-3-9-18(10-4-15)33(24,30)31/h3-10,14,20H,11-13H2,1-2H3,(H,25,27)(H,26,28)(H2,24,30,31). The zero-order valence-corrected chi connectivity index (χ0v) is 19.8. The van der Waals surface area contributed by atoms with Gasteiger partial charge in [-0.3, -0.25) is 9.59 Å². The summed E-state index contributed by atoms with van der Waals surface area (Å²) in [6.45, 7) is 3.25. The Kier molecular flexibility index (Phi) is 9.39. The number of ether oxygens (including phenoxy) is 1. The van der Waals surface area contributed by atoms with Gasteiger partial charge in [0.1, 0.15) is 6.04 Å². The Morgan fingerprint density at radius 1 is 1.03 bits per heavy atom. The summed E-state index contributed by atoms with van der Waals surface area (Å²) >= 11 is 5.82. The Morgan fingerprint density at radius 2 is 1.64 bits per heavy atom. The van der Waals surface area contributed by atoms with Gasteiger partial charge in [-0.2, -0.15) is 0 Å². The Labute approximate surface area is 197 Å². The van der Waals surface area contributed by atoms with Crippen LogP contribution in [0.1, 0.15) is 29.8 Å². The van der Waals surface area contributed by atoms with Gasteiger partial charge in [0.25, 0.3) is 11.8 Å². The van der Waals surface area contributed by atoms with E-state index in [1.165, 1.54) is 24.3 Å². The van der Waals surface area contributed by atoms with Gasteiger partial charge in [-0.05, 0) is 54.3 Å². The number of carbonyl (C=O) groups is 3. The third-order valence-electron chi connectivity index (χ3n) is 4.65. The van der Waals surface area contributed by atoms with Gasteiger partial charge in [0.2, 0.25) is 10.0 Å². The van der Waals surface area contributed by atoms with Crippen molar-refractivity contribution in [3.05, 3.63) is 64.7 Å². The first-order chi connectivity index (χ1) is 15.5. The van der Waals surface area contributed by atoms with Gasteiger partial charge in [-0.15, -0.1) is 0 Å². The molecule has 0 fully saturated rings. The molecule has 0 radical (unpaired) electrons. The van der Waals surface area contributed by atoms with E-state index in [2.05, 4.69) is 10.6 Å². The van der Waals surface area contributed by atoms with E-state index in [9.17, 15) is 22.8 Å². The topological polar surface area (TPSA) is 145 Å². The second-order valence-electron chi connectivity index (χ2n) is 7.60. The van der Waals surface area contributed by atoms with E-state index >= 15 is 0 Å². The lowest BCUT2D eigenvalue weighted by Crippen LogP contribution is -2.46. The Hall–Kier alpha value is -2.95. The van der Waals surface area contributed by atoms with E-state index < -0.39 is 40.5 Å². The molecule has 0 aromatic heterocycles. The molecular weight excluding hydrogens is 470 g/mol. The maximum Gasteiger partial charge on any atom is 0.329 e. The molecule has 11 heteroatoms.